The third-order valence-corrected chi connectivity index (χ3v) is 5.93. The summed E-state index contributed by atoms with van der Waals surface area (Å²) in [5.74, 6) is 1.27. The monoisotopic (exact) mass is 386 g/mol. The van der Waals surface area contributed by atoms with Gasteiger partial charge in [-0.3, -0.25) is 4.98 Å². The van der Waals surface area contributed by atoms with Gasteiger partial charge in [-0.1, -0.05) is 35.9 Å². The molecule has 3 rings (SSSR count). The van der Waals surface area contributed by atoms with Crippen LogP contribution in [-0.4, -0.2) is 23.7 Å². The van der Waals surface area contributed by atoms with Crippen LogP contribution in [-0.2, 0) is 17.7 Å². The fourth-order valence-electron chi connectivity index (χ4n) is 4.14. The zero-order valence-electron chi connectivity index (χ0n) is 16.5. The largest absolute Gasteiger partial charge is 0.376 e. The fraction of sp³-hybridized carbons (Fsp3) is 0.522. The molecule has 0 radical (unpaired) electrons. The van der Waals surface area contributed by atoms with E-state index in [1.807, 2.05) is 30.5 Å². The highest BCUT2D eigenvalue weighted by Crippen LogP contribution is 2.37. The van der Waals surface area contributed by atoms with E-state index in [4.69, 9.17) is 16.3 Å². The van der Waals surface area contributed by atoms with Gasteiger partial charge in [-0.2, -0.15) is 0 Å². The van der Waals surface area contributed by atoms with E-state index in [1.165, 1.54) is 5.56 Å². The summed E-state index contributed by atoms with van der Waals surface area (Å²) in [5, 5.41) is 4.45. The Kier molecular flexibility index (Phi) is 7.28. The van der Waals surface area contributed by atoms with Crippen molar-refractivity contribution in [1.29, 1.82) is 0 Å². The first kappa shape index (κ1) is 20.3. The van der Waals surface area contributed by atoms with Gasteiger partial charge < -0.3 is 10.1 Å². The third kappa shape index (κ3) is 6.31. The number of hydrogen-bond donors (Lipinski definition) is 1. The summed E-state index contributed by atoms with van der Waals surface area (Å²) in [6, 6.07) is 14.3. The minimum absolute atomic E-state index is 0.0248. The molecule has 0 amide bonds. The van der Waals surface area contributed by atoms with E-state index >= 15 is 0 Å². The van der Waals surface area contributed by atoms with Gasteiger partial charge in [0.1, 0.15) is 0 Å². The highest BCUT2D eigenvalue weighted by molar-refractivity contribution is 6.31. The zero-order valence-corrected chi connectivity index (χ0v) is 17.2. The average molecular weight is 387 g/mol. The molecule has 1 fully saturated rings. The van der Waals surface area contributed by atoms with Crippen LogP contribution in [0.2, 0.25) is 5.02 Å². The molecule has 3 nitrogen and oxygen atoms in total. The van der Waals surface area contributed by atoms with E-state index in [2.05, 4.69) is 42.3 Å². The summed E-state index contributed by atoms with van der Waals surface area (Å²) in [5.41, 5.74) is 2.33. The second kappa shape index (κ2) is 9.68. The maximum atomic E-state index is 6.46. The number of hydrogen-bond acceptors (Lipinski definition) is 3. The Morgan fingerprint density at radius 3 is 2.78 bits per heavy atom. The van der Waals surface area contributed by atoms with E-state index in [-0.39, 0.29) is 5.60 Å². The smallest absolute Gasteiger partial charge is 0.0629 e. The average Bonchev–Trinajstić information content (AvgIpc) is 2.66. The van der Waals surface area contributed by atoms with Crippen LogP contribution in [0.5, 0.6) is 0 Å². The maximum Gasteiger partial charge on any atom is 0.0629 e. The van der Waals surface area contributed by atoms with Gasteiger partial charge in [0.15, 0.2) is 0 Å². The highest BCUT2D eigenvalue weighted by atomic mass is 35.5. The van der Waals surface area contributed by atoms with E-state index in [1.54, 1.807) is 0 Å². The van der Waals surface area contributed by atoms with Crippen molar-refractivity contribution in [2.24, 2.45) is 11.8 Å². The Balaban J connectivity index is 1.61. The lowest BCUT2D eigenvalue weighted by Crippen LogP contribution is -2.38. The molecule has 0 aliphatic carbocycles. The van der Waals surface area contributed by atoms with Crippen LogP contribution in [0.4, 0.5) is 0 Å². The van der Waals surface area contributed by atoms with Gasteiger partial charge in [0.25, 0.3) is 0 Å². The van der Waals surface area contributed by atoms with Crippen molar-refractivity contribution < 1.29 is 4.74 Å². The van der Waals surface area contributed by atoms with Gasteiger partial charge in [0, 0.05) is 24.4 Å². The summed E-state index contributed by atoms with van der Waals surface area (Å²) in [7, 11) is 0. The summed E-state index contributed by atoms with van der Waals surface area (Å²) >= 11 is 6.46. The van der Waals surface area contributed by atoms with Gasteiger partial charge in [-0.15, -0.1) is 0 Å². The molecule has 0 spiro atoms. The van der Waals surface area contributed by atoms with Crippen LogP contribution in [0.1, 0.15) is 44.4 Å². The summed E-state index contributed by atoms with van der Waals surface area (Å²) in [4.78, 5) is 4.39. The Morgan fingerprint density at radius 1 is 1.22 bits per heavy atom. The molecule has 0 bridgehead atoms. The first-order valence-corrected chi connectivity index (χ1v) is 10.4. The predicted molar refractivity (Wildman–Crippen MR) is 112 cm³/mol. The molecule has 1 aliphatic rings. The molecular weight excluding hydrogens is 356 g/mol. The Bertz CT molecular complexity index is 705. The summed E-state index contributed by atoms with van der Waals surface area (Å²) in [6.07, 6.45) is 6.27. The minimum Gasteiger partial charge on any atom is -0.376 e. The molecule has 1 aromatic heterocycles. The van der Waals surface area contributed by atoms with Crippen LogP contribution in [0.15, 0.2) is 48.7 Å². The number of nitrogens with zero attached hydrogens (tertiary/aromatic N) is 1. The standard InChI is InChI=1S/C23H31ClN2O/c1-23(2)16-20(11-14-27-23)18(15-19-7-3-4-9-22(19)24)10-13-25-17-21-8-5-6-12-26-21/h3-9,12,18,20,25H,10-11,13-17H2,1-2H3/t18-,20-/m1/s1. The van der Waals surface area contributed by atoms with E-state index in [0.717, 1.165) is 56.1 Å². The fourth-order valence-corrected chi connectivity index (χ4v) is 4.35. The normalized spacial score (nSPS) is 20.3. The van der Waals surface area contributed by atoms with E-state index in [9.17, 15) is 0 Å². The van der Waals surface area contributed by atoms with Crippen LogP contribution in [0, 0.1) is 11.8 Å². The molecule has 0 unspecified atom stereocenters. The Morgan fingerprint density at radius 2 is 2.04 bits per heavy atom. The van der Waals surface area contributed by atoms with Crippen molar-refractivity contribution in [3.63, 3.8) is 0 Å². The van der Waals surface area contributed by atoms with Crippen molar-refractivity contribution in [3.05, 3.63) is 64.9 Å². The van der Waals surface area contributed by atoms with Gasteiger partial charge in [0.2, 0.25) is 0 Å². The van der Waals surface area contributed by atoms with Crippen molar-refractivity contribution in [2.75, 3.05) is 13.2 Å². The molecule has 1 saturated heterocycles. The van der Waals surface area contributed by atoms with E-state index < -0.39 is 0 Å². The van der Waals surface area contributed by atoms with Crippen molar-refractivity contribution >= 4 is 11.6 Å². The van der Waals surface area contributed by atoms with Gasteiger partial charge in [0.05, 0.1) is 11.3 Å². The molecule has 1 N–H and O–H groups in total. The molecule has 1 aromatic carbocycles. The quantitative estimate of drug-likeness (QED) is 0.627. The maximum absolute atomic E-state index is 6.46. The number of rotatable bonds is 8. The lowest BCUT2D eigenvalue weighted by molar-refractivity contribution is -0.0830. The zero-order chi connectivity index (χ0) is 19.1. The van der Waals surface area contributed by atoms with Gasteiger partial charge in [-0.05, 0) is 81.7 Å². The third-order valence-electron chi connectivity index (χ3n) is 5.57. The van der Waals surface area contributed by atoms with E-state index in [0.29, 0.717) is 11.8 Å². The number of nitrogens with one attached hydrogen (secondary N) is 1. The lowest BCUT2D eigenvalue weighted by atomic mass is 9.75. The van der Waals surface area contributed by atoms with Crippen LogP contribution in [0.25, 0.3) is 0 Å². The lowest BCUT2D eigenvalue weighted by Gasteiger charge is -2.39. The van der Waals surface area contributed by atoms with Gasteiger partial charge >= 0.3 is 0 Å². The minimum atomic E-state index is -0.0248. The van der Waals surface area contributed by atoms with Crippen LogP contribution >= 0.6 is 11.6 Å². The summed E-state index contributed by atoms with van der Waals surface area (Å²) < 4.78 is 5.95. The summed E-state index contributed by atoms with van der Waals surface area (Å²) in [6.45, 7) is 7.09. The highest BCUT2D eigenvalue weighted by Gasteiger charge is 2.33. The van der Waals surface area contributed by atoms with Crippen molar-refractivity contribution in [3.8, 4) is 0 Å². The number of pyridine rings is 1. The second-order valence-electron chi connectivity index (χ2n) is 8.20. The number of halogens is 1. The SMILES string of the molecule is CC1(C)C[C@H]([C@H](CCNCc2ccccn2)Cc2ccccc2Cl)CCO1. The van der Waals surface area contributed by atoms with Crippen molar-refractivity contribution in [2.45, 2.75) is 51.7 Å². The molecule has 1 aliphatic heterocycles. The molecule has 2 aromatic rings. The first-order chi connectivity index (χ1) is 13.0. The van der Waals surface area contributed by atoms with Gasteiger partial charge in [-0.25, -0.2) is 0 Å². The number of aromatic nitrogens is 1. The molecule has 146 valence electrons. The Hall–Kier alpha value is -1.42. The predicted octanol–water partition coefficient (Wildman–Crippen LogP) is 5.28. The topological polar surface area (TPSA) is 34.2 Å². The van der Waals surface area contributed by atoms with Crippen LogP contribution < -0.4 is 5.32 Å². The second-order valence-corrected chi connectivity index (χ2v) is 8.61. The number of benzene rings is 1. The Labute approximate surface area is 168 Å². The van der Waals surface area contributed by atoms with Crippen molar-refractivity contribution in [1.82, 2.24) is 10.3 Å². The molecular formula is C23H31ClN2O. The molecule has 2 heterocycles. The first-order valence-electron chi connectivity index (χ1n) is 10.0. The molecule has 2 atom stereocenters. The molecule has 0 saturated carbocycles. The van der Waals surface area contributed by atoms with Crippen LogP contribution in [0.3, 0.4) is 0 Å². The molecule has 27 heavy (non-hydrogen) atoms. The number of ether oxygens (including phenoxy) is 1. The molecule has 4 heteroatoms.